The number of hydrogen-bond acceptors (Lipinski definition) is 3. The smallest absolute Gasteiger partial charge is 0.289 e. The number of carbonyl (C=O) groups is 1. The van der Waals surface area contributed by atoms with Crippen molar-refractivity contribution in [1.29, 1.82) is 0 Å². The minimum atomic E-state index is -0.410. The lowest BCUT2D eigenvalue weighted by molar-refractivity contribution is 0.00406. The lowest BCUT2D eigenvalue weighted by atomic mass is 10.1. The van der Waals surface area contributed by atoms with Gasteiger partial charge in [0, 0.05) is 18.5 Å². The number of fused-ring (bicyclic) bond motifs is 1. The normalized spacial score (nSPS) is 16.2. The first-order valence-electron chi connectivity index (χ1n) is 5.30. The van der Waals surface area contributed by atoms with Crippen LogP contribution in [0.3, 0.4) is 0 Å². The third kappa shape index (κ3) is 1.69. The molecule has 1 aromatic carbocycles. The lowest BCUT2D eigenvalue weighted by Gasteiger charge is -2.35. The van der Waals surface area contributed by atoms with Gasteiger partial charge >= 0.3 is 0 Å². The van der Waals surface area contributed by atoms with Crippen LogP contribution in [0.4, 0.5) is 0 Å². The van der Waals surface area contributed by atoms with Gasteiger partial charge in [0.1, 0.15) is 0 Å². The van der Waals surface area contributed by atoms with Gasteiger partial charge in [0.05, 0.1) is 11.1 Å². The molecule has 0 radical (unpaired) electrons. The molecule has 5 heteroatoms. The van der Waals surface area contributed by atoms with Crippen LogP contribution in [0.25, 0.3) is 11.0 Å². The maximum absolute atomic E-state index is 11.9. The van der Waals surface area contributed by atoms with E-state index in [4.69, 9.17) is 21.1 Å². The summed E-state index contributed by atoms with van der Waals surface area (Å²) in [6, 6.07) is 7.04. The fourth-order valence-corrected chi connectivity index (χ4v) is 2.13. The second-order valence-electron chi connectivity index (χ2n) is 4.13. The van der Waals surface area contributed by atoms with Crippen molar-refractivity contribution in [2.45, 2.75) is 6.10 Å². The van der Waals surface area contributed by atoms with E-state index >= 15 is 0 Å². The zero-order valence-corrected chi connectivity index (χ0v) is 9.65. The van der Waals surface area contributed by atoms with Crippen molar-refractivity contribution < 1.29 is 14.3 Å². The summed E-state index contributed by atoms with van der Waals surface area (Å²) in [4.78, 5) is 13.5. The molecule has 17 heavy (non-hydrogen) atoms. The summed E-state index contributed by atoms with van der Waals surface area (Å²) in [7, 11) is 0. The first-order chi connectivity index (χ1) is 8.15. The third-order valence-electron chi connectivity index (χ3n) is 2.86. The molecule has 4 nitrogen and oxygen atoms in total. The molecule has 0 spiro atoms. The minimum Gasteiger partial charge on any atom is -0.449 e. The number of aliphatic hydroxyl groups is 1. The number of aliphatic hydroxyl groups excluding tert-OH is 1. The second-order valence-corrected chi connectivity index (χ2v) is 4.54. The summed E-state index contributed by atoms with van der Waals surface area (Å²) in [5.41, 5.74) is 0.526. The summed E-state index contributed by atoms with van der Waals surface area (Å²) in [6.07, 6.45) is -0.410. The number of benzene rings is 1. The fourth-order valence-electron chi connectivity index (χ4n) is 1.91. The Morgan fingerprint density at radius 3 is 2.88 bits per heavy atom. The number of rotatable bonds is 1. The van der Waals surface area contributed by atoms with Crippen molar-refractivity contribution >= 4 is 28.5 Å². The van der Waals surface area contributed by atoms with Crippen molar-refractivity contribution in [1.82, 2.24) is 4.90 Å². The van der Waals surface area contributed by atoms with Crippen LogP contribution < -0.4 is 0 Å². The van der Waals surface area contributed by atoms with Gasteiger partial charge in [-0.25, -0.2) is 0 Å². The molecule has 0 atom stereocenters. The molecule has 0 saturated carbocycles. The van der Waals surface area contributed by atoms with E-state index in [1.807, 2.05) is 12.1 Å². The zero-order valence-electron chi connectivity index (χ0n) is 8.89. The number of halogens is 1. The molecule has 1 saturated heterocycles. The predicted molar refractivity (Wildman–Crippen MR) is 63.1 cm³/mol. The molecule has 2 aromatic rings. The quantitative estimate of drug-likeness (QED) is 0.842. The number of furan rings is 1. The standard InChI is InChI=1S/C12H10ClNO3/c13-9-3-1-2-7-4-10(17-11(7)9)12(16)14-5-8(15)6-14/h1-4,8,15H,5-6H2. The Balaban J connectivity index is 1.96. The maximum Gasteiger partial charge on any atom is 0.289 e. The Bertz CT molecular complexity index is 586. The fraction of sp³-hybridized carbons (Fsp3) is 0.250. The topological polar surface area (TPSA) is 53.7 Å². The molecule has 3 rings (SSSR count). The van der Waals surface area contributed by atoms with Crippen molar-refractivity contribution in [2.24, 2.45) is 0 Å². The van der Waals surface area contributed by atoms with Crippen LogP contribution in [-0.4, -0.2) is 35.1 Å². The second kappa shape index (κ2) is 3.75. The van der Waals surface area contributed by atoms with Gasteiger partial charge in [-0.2, -0.15) is 0 Å². The van der Waals surface area contributed by atoms with Gasteiger partial charge in [0.2, 0.25) is 0 Å². The molecule has 0 unspecified atom stereocenters. The highest BCUT2D eigenvalue weighted by atomic mass is 35.5. The zero-order chi connectivity index (χ0) is 12.0. The molecule has 1 fully saturated rings. The van der Waals surface area contributed by atoms with Crippen LogP contribution in [0, 0.1) is 0 Å². The van der Waals surface area contributed by atoms with E-state index in [0.29, 0.717) is 23.7 Å². The Labute approximate surface area is 102 Å². The molecule has 1 amide bonds. The number of β-amino-alcohol motifs (C(OH)–C–C–N with tert-alkyl or cyclic N) is 1. The third-order valence-corrected chi connectivity index (χ3v) is 3.15. The summed E-state index contributed by atoms with van der Waals surface area (Å²) in [5.74, 6) is 0.0579. The molecule has 0 aliphatic carbocycles. The molecule has 1 N–H and O–H groups in total. The van der Waals surface area contributed by atoms with Crippen LogP contribution in [0.1, 0.15) is 10.6 Å². The molecule has 0 bridgehead atoms. The van der Waals surface area contributed by atoms with Gasteiger partial charge in [0.15, 0.2) is 11.3 Å². The van der Waals surface area contributed by atoms with Crippen molar-refractivity contribution in [3.63, 3.8) is 0 Å². The number of amides is 1. The number of nitrogens with zero attached hydrogens (tertiary/aromatic N) is 1. The van der Waals surface area contributed by atoms with Gasteiger partial charge in [-0.1, -0.05) is 23.7 Å². The van der Waals surface area contributed by atoms with E-state index in [0.717, 1.165) is 5.39 Å². The summed E-state index contributed by atoms with van der Waals surface area (Å²) < 4.78 is 5.45. The number of para-hydroxylation sites is 1. The molecule has 1 aromatic heterocycles. The largest absolute Gasteiger partial charge is 0.449 e. The van der Waals surface area contributed by atoms with Gasteiger partial charge in [0.25, 0.3) is 5.91 Å². The number of likely N-dealkylation sites (tertiary alicyclic amines) is 1. The highest BCUT2D eigenvalue weighted by molar-refractivity contribution is 6.34. The van der Waals surface area contributed by atoms with Crippen LogP contribution in [0.2, 0.25) is 5.02 Å². The Kier molecular flexibility index (Phi) is 2.34. The number of carbonyl (C=O) groups excluding carboxylic acids is 1. The van der Waals surface area contributed by atoms with E-state index in [-0.39, 0.29) is 11.7 Å². The lowest BCUT2D eigenvalue weighted by Crippen LogP contribution is -2.53. The molecular weight excluding hydrogens is 242 g/mol. The molecular formula is C12H10ClNO3. The van der Waals surface area contributed by atoms with Crippen molar-refractivity contribution in [2.75, 3.05) is 13.1 Å². The van der Waals surface area contributed by atoms with Crippen molar-refractivity contribution in [3.05, 3.63) is 35.0 Å². The van der Waals surface area contributed by atoms with Crippen LogP contribution in [0.15, 0.2) is 28.7 Å². The van der Waals surface area contributed by atoms with Crippen molar-refractivity contribution in [3.8, 4) is 0 Å². The van der Waals surface area contributed by atoms with E-state index in [1.165, 1.54) is 4.90 Å². The van der Waals surface area contributed by atoms with E-state index in [1.54, 1.807) is 12.1 Å². The van der Waals surface area contributed by atoms with Crippen LogP contribution in [-0.2, 0) is 0 Å². The number of hydrogen-bond donors (Lipinski definition) is 1. The predicted octanol–water partition coefficient (Wildman–Crippen LogP) is 1.90. The highest BCUT2D eigenvalue weighted by Crippen LogP contribution is 2.27. The Hall–Kier alpha value is -1.52. The van der Waals surface area contributed by atoms with Gasteiger partial charge in [-0.05, 0) is 12.1 Å². The van der Waals surface area contributed by atoms with Gasteiger partial charge < -0.3 is 14.4 Å². The summed E-state index contributed by atoms with van der Waals surface area (Å²) in [5, 5.41) is 10.5. The SMILES string of the molecule is O=C(c1cc2cccc(Cl)c2o1)N1CC(O)C1. The monoisotopic (exact) mass is 251 g/mol. The van der Waals surface area contributed by atoms with E-state index < -0.39 is 6.10 Å². The molecule has 1 aliphatic rings. The van der Waals surface area contributed by atoms with Gasteiger partial charge in [-0.3, -0.25) is 4.79 Å². The minimum absolute atomic E-state index is 0.206. The maximum atomic E-state index is 11.9. The average Bonchev–Trinajstić information content (AvgIpc) is 2.69. The van der Waals surface area contributed by atoms with E-state index in [9.17, 15) is 4.79 Å². The average molecular weight is 252 g/mol. The van der Waals surface area contributed by atoms with Gasteiger partial charge in [-0.15, -0.1) is 0 Å². The first-order valence-corrected chi connectivity index (χ1v) is 5.68. The Morgan fingerprint density at radius 1 is 1.47 bits per heavy atom. The van der Waals surface area contributed by atoms with E-state index in [2.05, 4.69) is 0 Å². The Morgan fingerprint density at radius 2 is 2.24 bits per heavy atom. The van der Waals surface area contributed by atoms with Crippen LogP contribution in [0.5, 0.6) is 0 Å². The summed E-state index contributed by atoms with van der Waals surface area (Å²) in [6.45, 7) is 0.729. The molecule has 1 aliphatic heterocycles. The molecule has 88 valence electrons. The first kappa shape index (κ1) is 10.6. The highest BCUT2D eigenvalue weighted by Gasteiger charge is 2.31. The molecule has 2 heterocycles. The van der Waals surface area contributed by atoms with Crippen LogP contribution >= 0.6 is 11.6 Å². The summed E-state index contributed by atoms with van der Waals surface area (Å²) >= 11 is 5.97.